The lowest BCUT2D eigenvalue weighted by Gasteiger charge is -2.35. The van der Waals surface area contributed by atoms with Crippen molar-refractivity contribution >= 4 is 46.2 Å². The average Bonchev–Trinajstić information content (AvgIpc) is 3.31. The van der Waals surface area contributed by atoms with Crippen LogP contribution in [-0.2, 0) is 17.9 Å². The normalized spacial score (nSPS) is 13.3. The Morgan fingerprint density at radius 1 is 0.773 bits per heavy atom. The van der Waals surface area contributed by atoms with E-state index in [0.29, 0.717) is 33.2 Å². The van der Waals surface area contributed by atoms with Gasteiger partial charge >= 0.3 is 17.7 Å². The van der Waals surface area contributed by atoms with Crippen molar-refractivity contribution in [2.24, 2.45) is 0 Å². The number of fused-ring (bicyclic) bond motifs is 3. The van der Waals surface area contributed by atoms with E-state index in [-0.39, 0.29) is 83.7 Å². The first kappa shape index (κ1) is 44.2. The lowest BCUT2D eigenvalue weighted by molar-refractivity contribution is -0.384. The van der Waals surface area contributed by atoms with Gasteiger partial charge in [0.1, 0.15) is 40.8 Å². The molecule has 4 N–H and O–H groups in total. The van der Waals surface area contributed by atoms with E-state index in [1.165, 1.54) is 58.3 Å². The highest BCUT2D eigenvalue weighted by atomic mass is 16.6. The first-order valence-corrected chi connectivity index (χ1v) is 21.0. The number of ether oxygens (including phenoxy) is 2. The molecule has 0 unspecified atom stereocenters. The number of rotatable bonds is 12. The van der Waals surface area contributed by atoms with Crippen LogP contribution in [0.3, 0.4) is 0 Å². The van der Waals surface area contributed by atoms with Crippen LogP contribution in [0, 0.1) is 10.1 Å². The van der Waals surface area contributed by atoms with Gasteiger partial charge in [-0.3, -0.25) is 19.7 Å². The maximum Gasteiger partial charge on any atom is 0.407 e. The molecule has 0 saturated carbocycles. The van der Waals surface area contributed by atoms with Crippen molar-refractivity contribution in [2.45, 2.75) is 32.9 Å². The molecule has 8 rings (SSSR count). The Bertz CT molecular complexity index is 2940. The SMILES string of the molecule is CCN(CC)c1ccc2cc(C(=O)N3CCN(C(=O)c4cc([N+](=O)[O-])ccc4COC(=O)NCc4ccc(C5c6ccc(O)cc6Oc6cc(O)ccc65)c(C(=O)O)c4)CC3)c(=O)oc2c1. The van der Waals surface area contributed by atoms with Crippen molar-refractivity contribution in [3.05, 3.63) is 162 Å². The van der Waals surface area contributed by atoms with Crippen LogP contribution in [-0.4, -0.2) is 93.2 Å². The fourth-order valence-corrected chi connectivity index (χ4v) is 8.33. The third-order valence-corrected chi connectivity index (χ3v) is 11.8. The maximum absolute atomic E-state index is 13.9. The molecule has 5 aromatic carbocycles. The minimum atomic E-state index is -1.24. The monoisotopic (exact) mass is 897 g/mol. The van der Waals surface area contributed by atoms with Gasteiger partial charge < -0.3 is 49.2 Å². The fraction of sp³-hybridized carbons (Fsp3) is 0.229. The zero-order valence-electron chi connectivity index (χ0n) is 35.7. The van der Waals surface area contributed by atoms with E-state index in [4.69, 9.17) is 13.9 Å². The van der Waals surface area contributed by atoms with Gasteiger partial charge in [-0.15, -0.1) is 0 Å². The van der Waals surface area contributed by atoms with Crippen LogP contribution >= 0.6 is 0 Å². The molecular weight excluding hydrogens is 855 g/mol. The number of nitro groups is 1. The molecule has 18 heteroatoms. The number of benzene rings is 5. The second-order valence-corrected chi connectivity index (χ2v) is 15.7. The van der Waals surface area contributed by atoms with E-state index < -0.39 is 47.0 Å². The number of non-ortho nitro benzene ring substituents is 1. The molecule has 0 atom stereocenters. The summed E-state index contributed by atoms with van der Waals surface area (Å²) in [5, 5.41) is 45.5. The van der Waals surface area contributed by atoms with Gasteiger partial charge in [-0.05, 0) is 67.4 Å². The maximum atomic E-state index is 13.9. The number of piperazine rings is 1. The first-order valence-electron chi connectivity index (χ1n) is 21.0. The molecule has 2 aliphatic rings. The number of carboxylic acid groups (broad SMARTS) is 1. The fourth-order valence-electron chi connectivity index (χ4n) is 8.33. The second kappa shape index (κ2) is 18.4. The predicted octanol–water partition coefficient (Wildman–Crippen LogP) is 6.97. The molecule has 0 spiro atoms. The zero-order valence-corrected chi connectivity index (χ0v) is 35.7. The Morgan fingerprint density at radius 3 is 2.00 bits per heavy atom. The molecule has 18 nitrogen and oxygen atoms in total. The van der Waals surface area contributed by atoms with Gasteiger partial charge in [0.15, 0.2) is 0 Å². The Kier molecular flexibility index (Phi) is 12.3. The molecule has 66 heavy (non-hydrogen) atoms. The number of hydrogen-bond acceptors (Lipinski definition) is 13. The molecule has 3 amide bonds. The van der Waals surface area contributed by atoms with Gasteiger partial charge in [0.05, 0.1) is 16.1 Å². The summed E-state index contributed by atoms with van der Waals surface area (Å²) in [6.45, 7) is 5.14. The topological polar surface area (TPSA) is 243 Å². The highest BCUT2D eigenvalue weighted by Gasteiger charge is 2.33. The minimum Gasteiger partial charge on any atom is -0.508 e. The van der Waals surface area contributed by atoms with Crippen LogP contribution in [0.5, 0.6) is 23.0 Å². The van der Waals surface area contributed by atoms with E-state index in [1.807, 2.05) is 19.9 Å². The number of phenols is 2. The Morgan fingerprint density at radius 2 is 1.39 bits per heavy atom. The van der Waals surface area contributed by atoms with Gasteiger partial charge in [0, 0.05) is 110 Å². The van der Waals surface area contributed by atoms with Crippen molar-refractivity contribution in [3.63, 3.8) is 0 Å². The summed E-state index contributed by atoms with van der Waals surface area (Å²) in [5.74, 6) is -2.61. The molecule has 2 aliphatic heterocycles. The third-order valence-electron chi connectivity index (χ3n) is 11.8. The third kappa shape index (κ3) is 8.88. The number of amides is 3. The molecular formula is C48H43N5O13. The van der Waals surface area contributed by atoms with Crippen molar-refractivity contribution in [1.29, 1.82) is 0 Å². The average molecular weight is 898 g/mol. The van der Waals surface area contributed by atoms with E-state index in [9.17, 15) is 49.4 Å². The number of alkyl carbamates (subject to hydrolysis) is 1. The number of carbonyl (C=O) groups is 4. The minimum absolute atomic E-state index is 0.0397. The summed E-state index contributed by atoms with van der Waals surface area (Å²) in [4.78, 5) is 82.2. The van der Waals surface area contributed by atoms with Crippen LogP contribution in [0.4, 0.5) is 16.2 Å². The number of anilines is 1. The van der Waals surface area contributed by atoms with Crippen molar-refractivity contribution in [1.82, 2.24) is 15.1 Å². The van der Waals surface area contributed by atoms with Crippen LogP contribution in [0.2, 0.25) is 0 Å². The van der Waals surface area contributed by atoms with Crippen LogP contribution < -0.4 is 20.6 Å². The van der Waals surface area contributed by atoms with Gasteiger partial charge in [-0.25, -0.2) is 14.4 Å². The molecule has 6 aromatic rings. The standard InChI is InChI=1S/C48H43N5O13/c1-3-50(4-2)30-8-6-28-20-39(47(60)66-40(28)22-30)45(57)52-17-15-51(16-18-52)44(56)37-21-31(53(62)63)9-7-29(37)26-64-48(61)49-25-27-5-12-34(38(19-27)46(58)59)43-35-13-10-32(54)23-41(35)65-42-24-33(55)11-14-36(42)43/h5-14,19-24,43,54-55H,3-4,15-18,25-26H2,1-2H3,(H,49,61)(H,58,59). The van der Waals surface area contributed by atoms with E-state index in [0.717, 1.165) is 24.8 Å². The number of nitro benzene ring substituents is 1. The van der Waals surface area contributed by atoms with Crippen molar-refractivity contribution in [2.75, 3.05) is 44.2 Å². The summed E-state index contributed by atoms with van der Waals surface area (Å²) in [6.07, 6.45) is -0.922. The number of aromatic hydroxyl groups is 2. The molecule has 1 aromatic heterocycles. The number of carbonyl (C=O) groups excluding carboxylic acids is 3. The molecule has 0 aliphatic carbocycles. The lowest BCUT2D eigenvalue weighted by Crippen LogP contribution is -2.51. The Hall–Kier alpha value is -8.41. The van der Waals surface area contributed by atoms with Gasteiger partial charge in [-0.1, -0.05) is 24.3 Å². The van der Waals surface area contributed by atoms with Crippen LogP contribution in [0.15, 0.2) is 106 Å². The number of nitrogens with one attached hydrogen (secondary N) is 1. The first-order chi connectivity index (χ1) is 31.7. The second-order valence-electron chi connectivity index (χ2n) is 15.7. The highest BCUT2D eigenvalue weighted by Crippen LogP contribution is 2.49. The molecule has 1 saturated heterocycles. The number of hydrogen-bond donors (Lipinski definition) is 4. The summed E-state index contributed by atoms with van der Waals surface area (Å²) < 4.78 is 16.9. The number of nitrogens with zero attached hydrogens (tertiary/aromatic N) is 4. The number of carboxylic acids is 1. The summed E-state index contributed by atoms with van der Waals surface area (Å²) >= 11 is 0. The van der Waals surface area contributed by atoms with Crippen molar-refractivity contribution < 1.29 is 53.3 Å². The quantitative estimate of drug-likeness (QED) is 0.0550. The molecule has 0 bridgehead atoms. The largest absolute Gasteiger partial charge is 0.508 e. The smallest absolute Gasteiger partial charge is 0.407 e. The number of phenolic OH excluding ortho intramolecular Hbond substituents is 2. The van der Waals surface area contributed by atoms with Gasteiger partial charge in [-0.2, -0.15) is 0 Å². The van der Waals surface area contributed by atoms with Crippen molar-refractivity contribution in [3.8, 4) is 23.0 Å². The summed E-state index contributed by atoms with van der Waals surface area (Å²) in [5.41, 5.74) is 1.92. The van der Waals surface area contributed by atoms with Crippen LogP contribution in [0.1, 0.15) is 78.7 Å². The van der Waals surface area contributed by atoms with E-state index in [1.54, 1.807) is 36.4 Å². The van der Waals surface area contributed by atoms with Gasteiger partial charge in [0.2, 0.25) is 0 Å². The lowest BCUT2D eigenvalue weighted by atomic mass is 9.80. The molecule has 0 radical (unpaired) electrons. The summed E-state index contributed by atoms with van der Waals surface area (Å²) in [7, 11) is 0. The number of aromatic carboxylic acids is 1. The molecule has 3 heterocycles. The molecule has 1 fully saturated rings. The van der Waals surface area contributed by atoms with E-state index in [2.05, 4.69) is 10.2 Å². The zero-order chi connectivity index (χ0) is 46.8. The summed E-state index contributed by atoms with van der Waals surface area (Å²) in [6, 6.07) is 24.2. The Labute approximate surface area is 376 Å². The Balaban J connectivity index is 0.924. The predicted molar refractivity (Wildman–Crippen MR) is 239 cm³/mol. The van der Waals surface area contributed by atoms with E-state index >= 15 is 0 Å². The van der Waals surface area contributed by atoms with Gasteiger partial charge in [0.25, 0.3) is 17.5 Å². The molecule has 338 valence electrons. The highest BCUT2D eigenvalue weighted by molar-refractivity contribution is 5.98. The van der Waals surface area contributed by atoms with Crippen LogP contribution in [0.25, 0.3) is 11.0 Å².